The zero-order chi connectivity index (χ0) is 15.5. The second-order valence-corrected chi connectivity index (χ2v) is 10.1. The van der Waals surface area contributed by atoms with E-state index in [9.17, 15) is 0 Å². The Balaban J connectivity index is 1.73. The van der Waals surface area contributed by atoms with Crippen LogP contribution in [0, 0.1) is 0 Å². The van der Waals surface area contributed by atoms with Crippen LogP contribution >= 0.6 is 29.8 Å². The SMILES string of the molecule is c1ccc(P(Sc2nc3ccccc3s2)c2ccccc2)cc1. The molecule has 112 valence electrons. The van der Waals surface area contributed by atoms with Crippen molar-refractivity contribution in [1.82, 2.24) is 4.98 Å². The van der Waals surface area contributed by atoms with Crippen molar-refractivity contribution in [3.8, 4) is 0 Å². The molecule has 0 saturated carbocycles. The Morgan fingerprint density at radius 3 is 1.87 bits per heavy atom. The van der Waals surface area contributed by atoms with Crippen molar-refractivity contribution >= 4 is 50.7 Å². The summed E-state index contributed by atoms with van der Waals surface area (Å²) >= 11 is 3.68. The van der Waals surface area contributed by atoms with Crippen LogP contribution < -0.4 is 10.6 Å². The van der Waals surface area contributed by atoms with Gasteiger partial charge in [-0.15, -0.1) is 11.3 Å². The molecular weight excluding hydrogens is 337 g/mol. The molecule has 0 atom stereocenters. The van der Waals surface area contributed by atoms with Crippen LogP contribution in [0.15, 0.2) is 89.3 Å². The maximum Gasteiger partial charge on any atom is 0.155 e. The van der Waals surface area contributed by atoms with Crippen molar-refractivity contribution in [1.29, 1.82) is 0 Å². The van der Waals surface area contributed by atoms with E-state index in [1.165, 1.54) is 15.3 Å². The van der Waals surface area contributed by atoms with Crippen LogP contribution in [0.1, 0.15) is 0 Å². The topological polar surface area (TPSA) is 12.9 Å². The maximum absolute atomic E-state index is 4.80. The average molecular weight is 351 g/mol. The lowest BCUT2D eigenvalue weighted by atomic mass is 10.3. The molecule has 1 heterocycles. The summed E-state index contributed by atoms with van der Waals surface area (Å²) < 4.78 is 2.40. The van der Waals surface area contributed by atoms with Crippen molar-refractivity contribution < 1.29 is 0 Å². The molecule has 0 bridgehead atoms. The van der Waals surface area contributed by atoms with Crippen molar-refractivity contribution in [2.45, 2.75) is 4.34 Å². The van der Waals surface area contributed by atoms with E-state index in [0.717, 1.165) is 9.86 Å². The predicted molar refractivity (Wildman–Crippen MR) is 105 cm³/mol. The number of aromatic nitrogens is 1. The molecule has 4 heteroatoms. The highest BCUT2D eigenvalue weighted by molar-refractivity contribution is 8.60. The molecule has 0 spiro atoms. The van der Waals surface area contributed by atoms with Crippen molar-refractivity contribution in [3.63, 3.8) is 0 Å². The second kappa shape index (κ2) is 6.84. The number of benzene rings is 3. The fourth-order valence-electron chi connectivity index (χ4n) is 2.35. The summed E-state index contributed by atoms with van der Waals surface area (Å²) in [6, 6.07) is 29.9. The van der Waals surface area contributed by atoms with Crippen molar-refractivity contribution in [2.24, 2.45) is 0 Å². The third kappa shape index (κ3) is 3.32. The van der Waals surface area contributed by atoms with Gasteiger partial charge in [-0.05, 0) is 22.7 Å². The zero-order valence-corrected chi connectivity index (χ0v) is 14.8. The van der Waals surface area contributed by atoms with Crippen LogP contribution in [0.3, 0.4) is 0 Å². The van der Waals surface area contributed by atoms with Gasteiger partial charge in [0.05, 0.1) is 10.2 Å². The van der Waals surface area contributed by atoms with Gasteiger partial charge in [0, 0.05) is 7.12 Å². The van der Waals surface area contributed by atoms with E-state index in [1.54, 1.807) is 11.3 Å². The Morgan fingerprint density at radius 1 is 0.696 bits per heavy atom. The predicted octanol–water partition coefficient (Wildman–Crippen LogP) is 5.44. The minimum absolute atomic E-state index is 0.499. The normalized spacial score (nSPS) is 11.2. The van der Waals surface area contributed by atoms with E-state index < -0.39 is 7.12 Å². The number of hydrogen-bond donors (Lipinski definition) is 0. The van der Waals surface area contributed by atoms with Gasteiger partial charge in [-0.1, -0.05) is 84.2 Å². The monoisotopic (exact) mass is 351 g/mol. The first kappa shape index (κ1) is 14.9. The highest BCUT2D eigenvalue weighted by Gasteiger charge is 2.17. The highest BCUT2D eigenvalue weighted by atomic mass is 32.7. The Morgan fingerprint density at radius 2 is 1.26 bits per heavy atom. The first-order valence-corrected chi connectivity index (χ1v) is 10.9. The lowest BCUT2D eigenvalue weighted by Crippen LogP contribution is -2.08. The van der Waals surface area contributed by atoms with Crippen LogP contribution in [0.25, 0.3) is 10.2 Å². The number of thiazole rings is 1. The number of hydrogen-bond acceptors (Lipinski definition) is 3. The quantitative estimate of drug-likeness (QED) is 0.454. The third-order valence-corrected chi connectivity index (χ3v) is 9.42. The van der Waals surface area contributed by atoms with Gasteiger partial charge >= 0.3 is 0 Å². The summed E-state index contributed by atoms with van der Waals surface area (Å²) in [5.74, 6) is 0. The number of nitrogens with zero attached hydrogens (tertiary/aromatic N) is 1. The fourth-order valence-corrected chi connectivity index (χ4v) is 8.12. The first-order chi connectivity index (χ1) is 11.4. The Kier molecular flexibility index (Phi) is 4.43. The Hall–Kier alpha value is -1.67. The maximum atomic E-state index is 4.80. The minimum atomic E-state index is -0.499. The van der Waals surface area contributed by atoms with Gasteiger partial charge in [-0.2, -0.15) is 0 Å². The summed E-state index contributed by atoms with van der Waals surface area (Å²) in [5, 5.41) is 2.75. The summed E-state index contributed by atoms with van der Waals surface area (Å²) in [7, 11) is -0.499. The van der Waals surface area contributed by atoms with Crippen molar-refractivity contribution in [3.05, 3.63) is 84.9 Å². The Bertz CT molecular complexity index is 834. The van der Waals surface area contributed by atoms with Gasteiger partial charge in [0.1, 0.15) is 0 Å². The molecule has 0 amide bonds. The van der Waals surface area contributed by atoms with Gasteiger partial charge in [-0.25, -0.2) is 4.98 Å². The van der Waals surface area contributed by atoms with E-state index in [4.69, 9.17) is 4.98 Å². The summed E-state index contributed by atoms with van der Waals surface area (Å²) in [6.07, 6.45) is 0. The largest absolute Gasteiger partial charge is 0.229 e. The van der Waals surface area contributed by atoms with Crippen LogP contribution in [0.5, 0.6) is 0 Å². The first-order valence-electron chi connectivity index (χ1n) is 7.34. The van der Waals surface area contributed by atoms with Crippen LogP contribution in [-0.2, 0) is 0 Å². The molecule has 0 radical (unpaired) electrons. The van der Waals surface area contributed by atoms with E-state index in [2.05, 4.69) is 78.9 Å². The molecule has 4 aromatic rings. The molecule has 0 aliphatic carbocycles. The van der Waals surface area contributed by atoms with Crippen LogP contribution in [0.4, 0.5) is 0 Å². The molecule has 3 aromatic carbocycles. The smallest absolute Gasteiger partial charge is 0.155 e. The zero-order valence-electron chi connectivity index (χ0n) is 12.3. The summed E-state index contributed by atoms with van der Waals surface area (Å²) in [5.41, 5.74) is 1.09. The molecule has 4 rings (SSSR count). The standard InChI is InChI=1S/C19H14NPS2/c1-3-9-15(10-4-1)21(16-11-5-2-6-12-16)23-19-20-17-13-7-8-14-18(17)22-19/h1-14H. The molecule has 0 N–H and O–H groups in total. The van der Waals surface area contributed by atoms with Gasteiger partial charge in [0.15, 0.2) is 4.34 Å². The third-order valence-electron chi connectivity index (χ3n) is 3.43. The van der Waals surface area contributed by atoms with Gasteiger partial charge in [0.25, 0.3) is 0 Å². The van der Waals surface area contributed by atoms with Gasteiger partial charge in [0.2, 0.25) is 0 Å². The lowest BCUT2D eigenvalue weighted by molar-refractivity contribution is 1.31. The molecule has 1 nitrogen and oxygen atoms in total. The number of rotatable bonds is 4. The number of para-hydroxylation sites is 1. The van der Waals surface area contributed by atoms with E-state index in [0.29, 0.717) is 0 Å². The second-order valence-electron chi connectivity index (χ2n) is 5.00. The lowest BCUT2D eigenvalue weighted by Gasteiger charge is -2.16. The van der Waals surface area contributed by atoms with Crippen LogP contribution in [-0.4, -0.2) is 4.98 Å². The van der Waals surface area contributed by atoms with E-state index in [1.807, 2.05) is 17.4 Å². The molecule has 0 aliphatic heterocycles. The molecule has 1 aromatic heterocycles. The molecule has 23 heavy (non-hydrogen) atoms. The molecule has 0 unspecified atom stereocenters. The van der Waals surface area contributed by atoms with Crippen molar-refractivity contribution in [2.75, 3.05) is 0 Å². The van der Waals surface area contributed by atoms with E-state index >= 15 is 0 Å². The fraction of sp³-hybridized carbons (Fsp3) is 0. The molecular formula is C19H14NPS2. The summed E-state index contributed by atoms with van der Waals surface area (Å²) in [4.78, 5) is 4.80. The molecule has 0 saturated heterocycles. The molecule has 0 fully saturated rings. The average Bonchev–Trinajstić information content (AvgIpc) is 3.04. The van der Waals surface area contributed by atoms with E-state index in [-0.39, 0.29) is 0 Å². The Labute approximate surface area is 144 Å². The molecule has 0 aliphatic rings. The summed E-state index contributed by atoms with van der Waals surface area (Å²) in [6.45, 7) is 0. The van der Waals surface area contributed by atoms with Crippen LogP contribution in [0.2, 0.25) is 0 Å². The minimum Gasteiger partial charge on any atom is -0.229 e. The van der Waals surface area contributed by atoms with Gasteiger partial charge in [-0.3, -0.25) is 0 Å². The highest BCUT2D eigenvalue weighted by Crippen LogP contribution is 2.53. The number of fused-ring (bicyclic) bond motifs is 1. The van der Waals surface area contributed by atoms with Gasteiger partial charge < -0.3 is 0 Å².